The van der Waals surface area contributed by atoms with Gasteiger partial charge in [0.2, 0.25) is 0 Å². The lowest BCUT2D eigenvalue weighted by molar-refractivity contribution is -0.274. The number of hydrogen-bond donors (Lipinski definition) is 1. The SMILES string of the molecule is CC(C)(C)OC(=O)NCc1cc(C(C)(C)C)nn1-c1cccc(OC(F)(F)F)c1. The lowest BCUT2D eigenvalue weighted by Gasteiger charge is -2.19. The fraction of sp³-hybridized carbons (Fsp3) is 0.500. The lowest BCUT2D eigenvalue weighted by atomic mass is 9.92. The second-order valence-electron chi connectivity index (χ2n) is 8.58. The molecule has 160 valence electrons. The predicted molar refractivity (Wildman–Crippen MR) is 102 cm³/mol. The maximum atomic E-state index is 12.6. The van der Waals surface area contributed by atoms with Gasteiger partial charge in [-0.05, 0) is 39.0 Å². The molecule has 1 amide bonds. The molecular weight excluding hydrogens is 387 g/mol. The quantitative estimate of drug-likeness (QED) is 0.758. The minimum Gasteiger partial charge on any atom is -0.444 e. The van der Waals surface area contributed by atoms with Crippen LogP contribution in [0.25, 0.3) is 5.69 Å². The Balaban J connectivity index is 2.34. The van der Waals surface area contributed by atoms with Crippen molar-refractivity contribution in [3.63, 3.8) is 0 Å². The molecule has 0 aliphatic rings. The van der Waals surface area contributed by atoms with Crippen molar-refractivity contribution in [2.75, 3.05) is 0 Å². The number of alkyl carbamates (subject to hydrolysis) is 1. The molecule has 0 spiro atoms. The molecular formula is C20H26F3N3O3. The summed E-state index contributed by atoms with van der Waals surface area (Å²) in [6.07, 6.45) is -5.39. The van der Waals surface area contributed by atoms with Gasteiger partial charge in [-0.2, -0.15) is 5.10 Å². The summed E-state index contributed by atoms with van der Waals surface area (Å²) in [6, 6.07) is 7.31. The van der Waals surface area contributed by atoms with Crippen LogP contribution in [0.3, 0.4) is 0 Å². The van der Waals surface area contributed by atoms with Gasteiger partial charge in [0, 0.05) is 11.5 Å². The van der Waals surface area contributed by atoms with E-state index >= 15 is 0 Å². The third kappa shape index (κ3) is 6.99. The molecule has 1 heterocycles. The Kier molecular flexibility index (Phi) is 6.20. The van der Waals surface area contributed by atoms with Gasteiger partial charge in [0.05, 0.1) is 23.6 Å². The van der Waals surface area contributed by atoms with Crippen LogP contribution in [0.15, 0.2) is 30.3 Å². The Bertz CT molecular complexity index is 862. The van der Waals surface area contributed by atoms with E-state index in [4.69, 9.17) is 4.74 Å². The molecule has 29 heavy (non-hydrogen) atoms. The molecule has 0 aliphatic carbocycles. The number of carbonyl (C=O) groups is 1. The van der Waals surface area contributed by atoms with Crippen molar-refractivity contribution < 1.29 is 27.4 Å². The number of rotatable bonds is 4. The zero-order valence-corrected chi connectivity index (χ0v) is 17.3. The molecule has 0 saturated carbocycles. The van der Waals surface area contributed by atoms with Crippen LogP contribution in [-0.4, -0.2) is 27.8 Å². The second-order valence-corrected chi connectivity index (χ2v) is 8.58. The van der Waals surface area contributed by atoms with E-state index in [9.17, 15) is 18.0 Å². The Hall–Kier alpha value is -2.71. The number of hydrogen-bond acceptors (Lipinski definition) is 4. The van der Waals surface area contributed by atoms with Crippen LogP contribution >= 0.6 is 0 Å². The number of aromatic nitrogens is 2. The fourth-order valence-electron chi connectivity index (χ4n) is 2.43. The van der Waals surface area contributed by atoms with Gasteiger partial charge >= 0.3 is 12.5 Å². The largest absolute Gasteiger partial charge is 0.573 e. The van der Waals surface area contributed by atoms with Crippen molar-refractivity contribution in [3.8, 4) is 11.4 Å². The smallest absolute Gasteiger partial charge is 0.444 e. The monoisotopic (exact) mass is 413 g/mol. The first-order valence-electron chi connectivity index (χ1n) is 9.06. The van der Waals surface area contributed by atoms with Crippen molar-refractivity contribution in [1.82, 2.24) is 15.1 Å². The van der Waals surface area contributed by atoms with E-state index in [1.54, 1.807) is 32.9 Å². The number of ether oxygens (including phenoxy) is 2. The molecule has 0 bridgehead atoms. The predicted octanol–water partition coefficient (Wildman–Crippen LogP) is 5.09. The summed E-state index contributed by atoms with van der Waals surface area (Å²) in [5.41, 5.74) is 0.740. The minimum atomic E-state index is -4.79. The highest BCUT2D eigenvalue weighted by molar-refractivity contribution is 5.67. The molecule has 1 aromatic heterocycles. The highest BCUT2D eigenvalue weighted by Gasteiger charge is 2.31. The topological polar surface area (TPSA) is 65.4 Å². The maximum Gasteiger partial charge on any atom is 0.573 e. The van der Waals surface area contributed by atoms with Crippen molar-refractivity contribution in [2.45, 2.75) is 65.5 Å². The van der Waals surface area contributed by atoms with Gasteiger partial charge < -0.3 is 14.8 Å². The van der Waals surface area contributed by atoms with Crippen LogP contribution in [0.5, 0.6) is 5.75 Å². The summed E-state index contributed by atoms with van der Waals surface area (Å²) in [5.74, 6) is -0.353. The van der Waals surface area contributed by atoms with Gasteiger partial charge in [0.15, 0.2) is 0 Å². The minimum absolute atomic E-state index is 0.0857. The molecule has 0 atom stereocenters. The standard InChI is InChI=1S/C20H26F3N3O3/c1-18(2,3)16-11-14(12-24-17(27)29-19(4,5)6)26(25-16)13-8-7-9-15(10-13)28-20(21,22)23/h7-11H,12H2,1-6H3,(H,24,27). The van der Waals surface area contributed by atoms with Crippen LogP contribution in [0.1, 0.15) is 52.9 Å². The van der Waals surface area contributed by atoms with Crippen molar-refractivity contribution in [2.24, 2.45) is 0 Å². The zero-order chi connectivity index (χ0) is 22.0. The number of alkyl halides is 3. The molecule has 1 aromatic carbocycles. The summed E-state index contributed by atoms with van der Waals surface area (Å²) >= 11 is 0. The van der Waals surface area contributed by atoms with Crippen LogP contribution in [0, 0.1) is 0 Å². The maximum absolute atomic E-state index is 12.6. The summed E-state index contributed by atoms with van der Waals surface area (Å²) in [4.78, 5) is 12.0. The molecule has 1 N–H and O–H groups in total. The Morgan fingerprint density at radius 1 is 1.10 bits per heavy atom. The molecule has 0 unspecified atom stereocenters. The van der Waals surface area contributed by atoms with E-state index in [1.165, 1.54) is 22.9 Å². The third-order valence-corrected chi connectivity index (χ3v) is 3.66. The molecule has 2 rings (SSSR count). The van der Waals surface area contributed by atoms with Gasteiger partial charge in [-0.1, -0.05) is 26.8 Å². The van der Waals surface area contributed by atoms with Crippen molar-refractivity contribution in [1.29, 1.82) is 0 Å². The highest BCUT2D eigenvalue weighted by atomic mass is 19.4. The van der Waals surface area contributed by atoms with Crippen molar-refractivity contribution in [3.05, 3.63) is 41.7 Å². The number of amides is 1. The van der Waals surface area contributed by atoms with Gasteiger partial charge in [-0.25, -0.2) is 9.48 Å². The van der Waals surface area contributed by atoms with Gasteiger partial charge in [0.25, 0.3) is 0 Å². The molecule has 0 fully saturated rings. The highest BCUT2D eigenvalue weighted by Crippen LogP contribution is 2.27. The average Bonchev–Trinajstić information content (AvgIpc) is 2.94. The second kappa shape index (κ2) is 7.96. The molecule has 0 aliphatic heterocycles. The Labute approximate surface area is 168 Å². The van der Waals surface area contributed by atoms with Crippen LogP contribution in [0.4, 0.5) is 18.0 Å². The molecule has 0 saturated heterocycles. The molecule has 9 heteroatoms. The summed E-state index contributed by atoms with van der Waals surface area (Å²) < 4.78 is 48.4. The van der Waals surface area contributed by atoms with Gasteiger partial charge in [-0.3, -0.25) is 0 Å². The van der Waals surface area contributed by atoms with Gasteiger partial charge in [0.1, 0.15) is 11.4 Å². The first-order chi connectivity index (χ1) is 13.1. The number of nitrogens with zero attached hydrogens (tertiary/aromatic N) is 2. The van der Waals surface area contributed by atoms with Gasteiger partial charge in [-0.15, -0.1) is 13.2 Å². The Morgan fingerprint density at radius 3 is 2.31 bits per heavy atom. The van der Waals surface area contributed by atoms with E-state index in [0.717, 1.165) is 5.69 Å². The summed E-state index contributed by atoms with van der Waals surface area (Å²) in [6.45, 7) is 11.2. The van der Waals surface area contributed by atoms with Crippen LogP contribution in [-0.2, 0) is 16.7 Å². The molecule has 2 aromatic rings. The van der Waals surface area contributed by atoms with E-state index < -0.39 is 18.1 Å². The number of nitrogens with one attached hydrogen (secondary N) is 1. The first kappa shape index (κ1) is 22.6. The lowest BCUT2D eigenvalue weighted by Crippen LogP contribution is -2.32. The average molecular weight is 413 g/mol. The zero-order valence-electron chi connectivity index (χ0n) is 17.3. The van der Waals surface area contributed by atoms with E-state index in [1.807, 2.05) is 20.8 Å². The van der Waals surface area contributed by atoms with E-state index in [-0.39, 0.29) is 17.7 Å². The number of benzene rings is 1. The van der Waals surface area contributed by atoms with E-state index in [0.29, 0.717) is 11.4 Å². The number of carbonyl (C=O) groups excluding carboxylic acids is 1. The fourth-order valence-corrected chi connectivity index (χ4v) is 2.43. The van der Waals surface area contributed by atoms with Crippen LogP contribution in [0.2, 0.25) is 0 Å². The third-order valence-electron chi connectivity index (χ3n) is 3.66. The normalized spacial score (nSPS) is 12.6. The number of halogens is 3. The van der Waals surface area contributed by atoms with E-state index in [2.05, 4.69) is 15.2 Å². The Morgan fingerprint density at radius 2 is 1.76 bits per heavy atom. The van der Waals surface area contributed by atoms with Crippen molar-refractivity contribution >= 4 is 6.09 Å². The molecule has 0 radical (unpaired) electrons. The summed E-state index contributed by atoms with van der Waals surface area (Å²) in [5, 5.41) is 7.18. The summed E-state index contributed by atoms with van der Waals surface area (Å²) in [7, 11) is 0. The molecule has 6 nitrogen and oxygen atoms in total. The first-order valence-corrected chi connectivity index (χ1v) is 9.06. The van der Waals surface area contributed by atoms with Crippen LogP contribution < -0.4 is 10.1 Å².